The summed E-state index contributed by atoms with van der Waals surface area (Å²) in [4.78, 5) is 0. The van der Waals surface area contributed by atoms with Crippen molar-refractivity contribution in [3.8, 4) is 5.75 Å². The van der Waals surface area contributed by atoms with Crippen LogP contribution in [0.15, 0.2) is 24.3 Å². The van der Waals surface area contributed by atoms with Gasteiger partial charge in [-0.15, -0.1) is 0 Å². The van der Waals surface area contributed by atoms with E-state index in [0.717, 1.165) is 0 Å². The molecular weight excluding hydrogens is 291 g/mol. The number of hydrogen-bond donors (Lipinski definition) is 0. The second-order valence-electron chi connectivity index (χ2n) is 4.63. The first-order valence-corrected chi connectivity index (χ1v) is 8.59. The Labute approximate surface area is 118 Å². The second kappa shape index (κ2) is 6.57. The molecule has 6 heteroatoms. The lowest BCUT2D eigenvalue weighted by molar-refractivity contribution is 0.155. The van der Waals surface area contributed by atoms with E-state index in [0.29, 0.717) is 18.6 Å². The van der Waals surface area contributed by atoms with Crippen LogP contribution in [0.3, 0.4) is 0 Å². The molecule has 0 spiro atoms. The summed E-state index contributed by atoms with van der Waals surface area (Å²) in [6.07, 6.45) is 1.27. The largest absolute Gasteiger partial charge is 0.493 e. The maximum atomic E-state index is 12.8. The number of halogens is 2. The molecule has 0 heterocycles. The minimum Gasteiger partial charge on any atom is -0.493 e. The Morgan fingerprint density at radius 1 is 1.21 bits per heavy atom. The molecule has 0 N–H and O–H groups in total. The van der Waals surface area contributed by atoms with Gasteiger partial charge in [-0.05, 0) is 37.1 Å². The Morgan fingerprint density at radius 2 is 1.74 bits per heavy atom. The molecule has 1 aromatic rings. The molecule has 0 radical (unpaired) electrons. The fourth-order valence-corrected chi connectivity index (χ4v) is 3.75. The van der Waals surface area contributed by atoms with Crippen LogP contribution in [0, 0.1) is 11.2 Å². The summed E-state index contributed by atoms with van der Waals surface area (Å²) in [5.74, 6) is 0.0445. The fourth-order valence-electron chi connectivity index (χ4n) is 1.83. The van der Waals surface area contributed by atoms with Crippen molar-refractivity contribution in [2.45, 2.75) is 26.7 Å². The lowest BCUT2D eigenvalue weighted by atomic mass is 9.85. The van der Waals surface area contributed by atoms with Gasteiger partial charge in [0.15, 0.2) is 0 Å². The van der Waals surface area contributed by atoms with E-state index >= 15 is 0 Å². The quantitative estimate of drug-likeness (QED) is 0.723. The Hall–Kier alpha value is -0.810. The highest BCUT2D eigenvalue weighted by molar-refractivity contribution is 8.13. The summed E-state index contributed by atoms with van der Waals surface area (Å²) < 4.78 is 40.9. The maximum absolute atomic E-state index is 12.8. The Morgan fingerprint density at radius 3 is 2.16 bits per heavy atom. The molecule has 0 aliphatic heterocycles. The van der Waals surface area contributed by atoms with E-state index in [1.807, 2.05) is 13.8 Å². The van der Waals surface area contributed by atoms with Crippen LogP contribution in [0.5, 0.6) is 5.75 Å². The summed E-state index contributed by atoms with van der Waals surface area (Å²) in [6.45, 7) is 4.04. The molecular formula is C13H18ClFO3S. The zero-order valence-electron chi connectivity index (χ0n) is 11.0. The molecule has 0 atom stereocenters. The molecule has 0 unspecified atom stereocenters. The van der Waals surface area contributed by atoms with E-state index in [1.165, 1.54) is 24.3 Å². The molecule has 1 rings (SSSR count). The first-order chi connectivity index (χ1) is 8.80. The predicted molar refractivity (Wildman–Crippen MR) is 74.5 cm³/mol. The predicted octanol–water partition coefficient (Wildman–Crippen LogP) is 3.58. The highest BCUT2D eigenvalue weighted by atomic mass is 35.7. The lowest BCUT2D eigenvalue weighted by Crippen LogP contribution is -2.33. The molecule has 19 heavy (non-hydrogen) atoms. The molecule has 0 bridgehead atoms. The summed E-state index contributed by atoms with van der Waals surface area (Å²) in [6, 6.07) is 5.63. The minimum atomic E-state index is -3.58. The number of benzene rings is 1. The van der Waals surface area contributed by atoms with E-state index in [2.05, 4.69) is 0 Å². The Bertz CT molecular complexity index is 495. The monoisotopic (exact) mass is 308 g/mol. The summed E-state index contributed by atoms with van der Waals surface area (Å²) in [5, 5.41) is 0. The van der Waals surface area contributed by atoms with Crippen molar-refractivity contribution in [2.24, 2.45) is 5.41 Å². The van der Waals surface area contributed by atoms with Gasteiger partial charge in [0.2, 0.25) is 9.05 Å². The molecule has 0 saturated heterocycles. The minimum absolute atomic E-state index is 0.129. The topological polar surface area (TPSA) is 43.4 Å². The van der Waals surface area contributed by atoms with Crippen molar-refractivity contribution in [2.75, 3.05) is 12.4 Å². The smallest absolute Gasteiger partial charge is 0.233 e. The second-order valence-corrected chi connectivity index (χ2v) is 7.41. The van der Waals surface area contributed by atoms with Gasteiger partial charge in [-0.2, -0.15) is 0 Å². The number of hydrogen-bond acceptors (Lipinski definition) is 3. The molecule has 0 aromatic heterocycles. The van der Waals surface area contributed by atoms with Gasteiger partial charge in [-0.3, -0.25) is 0 Å². The van der Waals surface area contributed by atoms with Crippen molar-refractivity contribution in [3.63, 3.8) is 0 Å². The third-order valence-corrected chi connectivity index (χ3v) is 4.62. The van der Waals surface area contributed by atoms with Crippen molar-refractivity contribution in [1.82, 2.24) is 0 Å². The van der Waals surface area contributed by atoms with Crippen LogP contribution in [0.4, 0.5) is 4.39 Å². The first-order valence-electron chi connectivity index (χ1n) is 6.11. The summed E-state index contributed by atoms with van der Waals surface area (Å²) in [5.41, 5.74) is -0.519. The highest BCUT2D eigenvalue weighted by Gasteiger charge is 2.32. The molecule has 0 aliphatic carbocycles. The zero-order valence-corrected chi connectivity index (χ0v) is 12.6. The van der Waals surface area contributed by atoms with Gasteiger partial charge >= 0.3 is 0 Å². The molecule has 0 saturated carbocycles. The standard InChI is InChI=1S/C13H18ClFO3S/c1-3-13(4-2,10-19(14,16)17)9-18-12-7-5-11(15)6-8-12/h5-8H,3-4,9-10H2,1-2H3. The van der Waals surface area contributed by atoms with E-state index < -0.39 is 14.5 Å². The van der Waals surface area contributed by atoms with Crippen LogP contribution in [0.1, 0.15) is 26.7 Å². The third-order valence-electron chi connectivity index (χ3n) is 3.34. The van der Waals surface area contributed by atoms with Crippen LogP contribution in [0.2, 0.25) is 0 Å². The van der Waals surface area contributed by atoms with Crippen LogP contribution in [0.25, 0.3) is 0 Å². The van der Waals surface area contributed by atoms with Crippen LogP contribution in [-0.2, 0) is 9.05 Å². The third kappa shape index (κ3) is 5.37. The summed E-state index contributed by atoms with van der Waals surface area (Å²) >= 11 is 0. The maximum Gasteiger partial charge on any atom is 0.233 e. The molecule has 1 aromatic carbocycles. The normalized spacial score (nSPS) is 12.4. The molecule has 0 aliphatic rings. The molecule has 0 fully saturated rings. The Balaban J connectivity index is 2.76. The van der Waals surface area contributed by atoms with Gasteiger partial charge in [0, 0.05) is 16.1 Å². The van der Waals surface area contributed by atoms with E-state index in [-0.39, 0.29) is 18.2 Å². The van der Waals surface area contributed by atoms with Crippen molar-refractivity contribution in [1.29, 1.82) is 0 Å². The SMILES string of the molecule is CCC(CC)(COc1ccc(F)cc1)CS(=O)(=O)Cl. The lowest BCUT2D eigenvalue weighted by Gasteiger charge is -2.30. The zero-order chi connectivity index (χ0) is 14.5. The van der Waals surface area contributed by atoms with Crippen LogP contribution < -0.4 is 4.74 Å². The molecule has 3 nitrogen and oxygen atoms in total. The van der Waals surface area contributed by atoms with Gasteiger partial charge in [0.05, 0.1) is 12.4 Å². The number of ether oxygens (including phenoxy) is 1. The van der Waals surface area contributed by atoms with Gasteiger partial charge in [0.1, 0.15) is 11.6 Å². The Kier molecular flexibility index (Phi) is 5.62. The van der Waals surface area contributed by atoms with Crippen molar-refractivity contribution in [3.05, 3.63) is 30.1 Å². The van der Waals surface area contributed by atoms with E-state index in [1.54, 1.807) is 0 Å². The molecule has 108 valence electrons. The van der Waals surface area contributed by atoms with Crippen LogP contribution >= 0.6 is 10.7 Å². The van der Waals surface area contributed by atoms with Crippen molar-refractivity contribution >= 4 is 19.7 Å². The van der Waals surface area contributed by atoms with Gasteiger partial charge < -0.3 is 4.74 Å². The van der Waals surface area contributed by atoms with Gasteiger partial charge in [0.25, 0.3) is 0 Å². The average molecular weight is 309 g/mol. The van der Waals surface area contributed by atoms with Gasteiger partial charge in [-0.1, -0.05) is 13.8 Å². The van der Waals surface area contributed by atoms with Crippen molar-refractivity contribution < 1.29 is 17.5 Å². The van der Waals surface area contributed by atoms with Crippen LogP contribution in [-0.4, -0.2) is 20.8 Å². The highest BCUT2D eigenvalue weighted by Crippen LogP contribution is 2.30. The first kappa shape index (κ1) is 16.2. The van der Waals surface area contributed by atoms with Gasteiger partial charge in [-0.25, -0.2) is 12.8 Å². The number of rotatable bonds is 7. The van der Waals surface area contributed by atoms with E-state index in [4.69, 9.17) is 15.4 Å². The van der Waals surface area contributed by atoms with E-state index in [9.17, 15) is 12.8 Å². The summed E-state index contributed by atoms with van der Waals surface area (Å²) in [7, 11) is 1.76. The average Bonchev–Trinajstić information content (AvgIpc) is 2.35. The molecule has 0 amide bonds. The fraction of sp³-hybridized carbons (Fsp3) is 0.538.